The van der Waals surface area contributed by atoms with Gasteiger partial charge < -0.3 is 9.73 Å². The number of hydrogen-bond acceptors (Lipinski definition) is 6. The largest absolute Gasteiger partial charge is 0.455 e. The third-order valence-corrected chi connectivity index (χ3v) is 6.04. The van der Waals surface area contributed by atoms with Gasteiger partial charge in [0.15, 0.2) is 22.9 Å². The highest BCUT2D eigenvalue weighted by Gasteiger charge is 2.23. The number of H-pyrrole nitrogens is 1. The summed E-state index contributed by atoms with van der Waals surface area (Å²) in [6.45, 7) is 5.38. The SMILES string of the molecule is Cc1cc(C(C)Nc2ccc(F)c(F)c2-c2noc(=O)[nH]2)c2oc(-c3ccccc3)c(C)c(=O)c2c1. The third-order valence-electron chi connectivity index (χ3n) is 6.04. The van der Waals surface area contributed by atoms with E-state index in [-0.39, 0.29) is 22.5 Å². The second-order valence-electron chi connectivity index (χ2n) is 8.58. The Balaban J connectivity index is 1.67. The molecule has 0 saturated heterocycles. The summed E-state index contributed by atoms with van der Waals surface area (Å²) in [5.41, 5.74) is 2.84. The number of aromatic nitrogens is 2. The van der Waals surface area contributed by atoms with Crippen LogP contribution in [0.5, 0.6) is 0 Å². The lowest BCUT2D eigenvalue weighted by Crippen LogP contribution is -2.13. The summed E-state index contributed by atoms with van der Waals surface area (Å²) in [5, 5.41) is 7.07. The van der Waals surface area contributed by atoms with Crippen LogP contribution in [0.15, 0.2) is 73.1 Å². The van der Waals surface area contributed by atoms with Gasteiger partial charge in [-0.05, 0) is 44.5 Å². The van der Waals surface area contributed by atoms with Crippen LogP contribution in [0.25, 0.3) is 33.7 Å². The first-order valence-electron chi connectivity index (χ1n) is 11.2. The van der Waals surface area contributed by atoms with Gasteiger partial charge in [-0.25, -0.2) is 13.6 Å². The van der Waals surface area contributed by atoms with E-state index in [0.717, 1.165) is 17.2 Å². The molecule has 0 radical (unpaired) electrons. The Bertz CT molecular complexity index is 1720. The molecule has 3 aromatic carbocycles. The van der Waals surface area contributed by atoms with E-state index in [1.54, 1.807) is 19.9 Å². The van der Waals surface area contributed by atoms with Crippen molar-refractivity contribution in [2.75, 3.05) is 5.32 Å². The number of nitrogens with zero attached hydrogens (tertiary/aromatic N) is 1. The molecule has 2 N–H and O–H groups in total. The molecule has 0 spiro atoms. The first-order valence-corrected chi connectivity index (χ1v) is 11.2. The van der Waals surface area contributed by atoms with Crippen LogP contribution in [0.3, 0.4) is 0 Å². The smallest absolute Gasteiger partial charge is 0.439 e. The highest BCUT2D eigenvalue weighted by Crippen LogP contribution is 2.35. The van der Waals surface area contributed by atoms with Gasteiger partial charge in [-0.2, -0.15) is 0 Å². The molecule has 1 unspecified atom stereocenters. The van der Waals surface area contributed by atoms with Crippen LogP contribution in [-0.4, -0.2) is 10.1 Å². The van der Waals surface area contributed by atoms with E-state index in [2.05, 4.69) is 20.0 Å². The molecule has 7 nitrogen and oxygen atoms in total. The first-order chi connectivity index (χ1) is 17.2. The maximum Gasteiger partial charge on any atom is 0.439 e. The lowest BCUT2D eigenvalue weighted by atomic mass is 9.98. The zero-order chi connectivity index (χ0) is 25.6. The molecular weight excluding hydrogens is 468 g/mol. The molecule has 2 heterocycles. The van der Waals surface area contributed by atoms with Gasteiger partial charge in [0.1, 0.15) is 11.3 Å². The molecule has 0 saturated carbocycles. The number of hydrogen-bond donors (Lipinski definition) is 2. The fourth-order valence-corrected chi connectivity index (χ4v) is 4.31. The molecule has 2 aromatic heterocycles. The van der Waals surface area contributed by atoms with Crippen LogP contribution in [0.2, 0.25) is 0 Å². The molecule has 0 aliphatic rings. The van der Waals surface area contributed by atoms with Crippen LogP contribution in [0.1, 0.15) is 29.7 Å². The van der Waals surface area contributed by atoms with Crippen molar-refractivity contribution in [2.24, 2.45) is 0 Å². The Morgan fingerprint density at radius 1 is 1.03 bits per heavy atom. The number of rotatable bonds is 5. The van der Waals surface area contributed by atoms with Crippen LogP contribution < -0.4 is 16.5 Å². The van der Waals surface area contributed by atoms with Gasteiger partial charge in [-0.3, -0.25) is 14.3 Å². The Morgan fingerprint density at radius 2 is 1.78 bits per heavy atom. The number of benzene rings is 3. The number of anilines is 1. The molecule has 0 fully saturated rings. The molecular formula is C27H21F2N3O4. The van der Waals surface area contributed by atoms with Crippen LogP contribution in [-0.2, 0) is 0 Å². The summed E-state index contributed by atoms with van der Waals surface area (Å²) in [4.78, 5) is 27.0. The first kappa shape index (κ1) is 23.2. The standard InChI is InChI=1S/C27H21F2N3O4/c1-13-11-17(25-18(12-13)23(33)14(2)24(35-25)16-7-5-4-6-8-16)15(3)30-20-10-9-19(28)22(29)21(20)26-31-27(34)36-32-26/h4-12,15,30H,1-3H3,(H,31,32,34). The highest BCUT2D eigenvalue weighted by atomic mass is 19.2. The molecule has 0 aliphatic heterocycles. The van der Waals surface area contributed by atoms with E-state index < -0.39 is 23.4 Å². The van der Waals surface area contributed by atoms with Gasteiger partial charge in [-0.1, -0.05) is 41.6 Å². The van der Waals surface area contributed by atoms with Crippen LogP contribution >= 0.6 is 0 Å². The van der Waals surface area contributed by atoms with E-state index in [9.17, 15) is 18.4 Å². The van der Waals surface area contributed by atoms with Crippen molar-refractivity contribution in [3.8, 4) is 22.7 Å². The molecule has 0 aliphatic carbocycles. The summed E-state index contributed by atoms with van der Waals surface area (Å²) in [5.74, 6) is -3.00. The third kappa shape index (κ3) is 3.98. The van der Waals surface area contributed by atoms with Gasteiger partial charge in [0.25, 0.3) is 0 Å². The Morgan fingerprint density at radius 3 is 2.47 bits per heavy atom. The predicted octanol–water partition coefficient (Wildman–Crippen LogP) is 5.87. The zero-order valence-corrected chi connectivity index (χ0v) is 19.6. The second-order valence-corrected chi connectivity index (χ2v) is 8.58. The fraction of sp³-hybridized carbons (Fsp3) is 0.148. The molecule has 36 heavy (non-hydrogen) atoms. The van der Waals surface area contributed by atoms with Crippen LogP contribution in [0, 0.1) is 25.5 Å². The van der Waals surface area contributed by atoms with Gasteiger partial charge in [-0.15, -0.1) is 0 Å². The molecule has 5 rings (SSSR count). The number of halogens is 2. The second kappa shape index (κ2) is 8.92. The fourth-order valence-electron chi connectivity index (χ4n) is 4.31. The average molecular weight is 489 g/mol. The van der Waals surface area contributed by atoms with E-state index >= 15 is 0 Å². The van der Waals surface area contributed by atoms with Crippen molar-refractivity contribution in [3.05, 3.63) is 104 Å². The topological polar surface area (TPSA) is 101 Å². The minimum absolute atomic E-state index is 0.152. The average Bonchev–Trinajstić information content (AvgIpc) is 3.29. The maximum absolute atomic E-state index is 14.8. The number of nitrogens with one attached hydrogen (secondary N) is 2. The monoisotopic (exact) mass is 489 g/mol. The summed E-state index contributed by atoms with van der Waals surface area (Å²) in [7, 11) is 0. The molecule has 0 bridgehead atoms. The minimum atomic E-state index is -1.20. The number of fused-ring (bicyclic) bond motifs is 1. The zero-order valence-electron chi connectivity index (χ0n) is 19.6. The van der Waals surface area contributed by atoms with E-state index in [4.69, 9.17) is 4.42 Å². The normalized spacial score (nSPS) is 12.1. The minimum Gasteiger partial charge on any atom is -0.455 e. The Labute approximate surface area is 203 Å². The van der Waals surface area contributed by atoms with E-state index in [0.29, 0.717) is 27.9 Å². The highest BCUT2D eigenvalue weighted by molar-refractivity contribution is 5.85. The summed E-state index contributed by atoms with van der Waals surface area (Å²) in [6, 6.07) is 14.7. The molecule has 1 atom stereocenters. The quantitative estimate of drug-likeness (QED) is 0.320. The molecule has 9 heteroatoms. The van der Waals surface area contributed by atoms with Crippen molar-refractivity contribution in [2.45, 2.75) is 26.8 Å². The van der Waals surface area contributed by atoms with Crippen molar-refractivity contribution >= 4 is 16.7 Å². The molecule has 182 valence electrons. The Kier molecular flexibility index (Phi) is 5.75. The van der Waals surface area contributed by atoms with Gasteiger partial charge >= 0.3 is 5.76 Å². The van der Waals surface area contributed by atoms with E-state index in [1.165, 1.54) is 6.07 Å². The maximum atomic E-state index is 14.8. The predicted molar refractivity (Wildman–Crippen MR) is 132 cm³/mol. The number of aromatic amines is 1. The van der Waals surface area contributed by atoms with Crippen molar-refractivity contribution < 1.29 is 17.7 Å². The van der Waals surface area contributed by atoms with Crippen molar-refractivity contribution in [1.29, 1.82) is 0 Å². The summed E-state index contributed by atoms with van der Waals surface area (Å²) >= 11 is 0. The van der Waals surface area contributed by atoms with Gasteiger partial charge in [0.05, 0.1) is 17.0 Å². The van der Waals surface area contributed by atoms with E-state index in [1.807, 2.05) is 43.3 Å². The molecule has 0 amide bonds. The molecule has 5 aromatic rings. The van der Waals surface area contributed by atoms with Gasteiger partial charge in [0.2, 0.25) is 0 Å². The number of aryl methyl sites for hydroxylation is 1. The summed E-state index contributed by atoms with van der Waals surface area (Å²) in [6.07, 6.45) is 0. The van der Waals surface area contributed by atoms with Crippen molar-refractivity contribution in [3.63, 3.8) is 0 Å². The lowest BCUT2D eigenvalue weighted by Gasteiger charge is -2.20. The summed E-state index contributed by atoms with van der Waals surface area (Å²) < 4.78 is 39.6. The Hall–Kier alpha value is -4.53. The van der Waals surface area contributed by atoms with Gasteiger partial charge in [0, 0.05) is 22.4 Å². The van der Waals surface area contributed by atoms with Crippen molar-refractivity contribution in [1.82, 2.24) is 10.1 Å². The van der Waals surface area contributed by atoms with Crippen LogP contribution in [0.4, 0.5) is 14.5 Å². The lowest BCUT2D eigenvalue weighted by molar-refractivity contribution is 0.387.